The Morgan fingerprint density at radius 2 is 1.83 bits per heavy atom. The maximum Gasteiger partial charge on any atom is 0.229 e. The summed E-state index contributed by atoms with van der Waals surface area (Å²) in [7, 11) is 1.57. The Labute approximate surface area is 170 Å². The lowest BCUT2D eigenvalue weighted by molar-refractivity contribution is -0.122. The quantitative estimate of drug-likeness (QED) is 0.785. The van der Waals surface area contributed by atoms with Crippen molar-refractivity contribution in [1.82, 2.24) is 0 Å². The predicted octanol–water partition coefficient (Wildman–Crippen LogP) is 3.34. The third-order valence-electron chi connectivity index (χ3n) is 5.05. The smallest absolute Gasteiger partial charge is 0.229 e. The van der Waals surface area contributed by atoms with Gasteiger partial charge in [-0.3, -0.25) is 14.4 Å². The van der Waals surface area contributed by atoms with Gasteiger partial charge in [0, 0.05) is 42.5 Å². The van der Waals surface area contributed by atoms with Crippen molar-refractivity contribution in [3.8, 4) is 5.75 Å². The lowest BCUT2D eigenvalue weighted by atomic mass is 10.1. The Kier molecular flexibility index (Phi) is 6.16. The second-order valence-electron chi connectivity index (χ2n) is 6.98. The van der Waals surface area contributed by atoms with Crippen molar-refractivity contribution in [2.24, 2.45) is 5.92 Å². The monoisotopic (exact) mass is 395 g/mol. The van der Waals surface area contributed by atoms with Crippen molar-refractivity contribution in [1.29, 1.82) is 0 Å². The first-order valence-electron chi connectivity index (χ1n) is 9.57. The van der Waals surface area contributed by atoms with E-state index >= 15 is 0 Å². The molecule has 0 bridgehead atoms. The molecule has 0 saturated carbocycles. The number of ether oxygens (including phenoxy) is 1. The summed E-state index contributed by atoms with van der Waals surface area (Å²) in [5.74, 6) is -0.205. The number of amides is 3. The molecule has 1 unspecified atom stereocenters. The van der Waals surface area contributed by atoms with Gasteiger partial charge in [-0.1, -0.05) is 19.1 Å². The van der Waals surface area contributed by atoms with Crippen LogP contribution in [0.25, 0.3) is 0 Å². The Morgan fingerprint density at radius 3 is 2.52 bits per heavy atom. The van der Waals surface area contributed by atoms with E-state index in [9.17, 15) is 14.4 Å². The number of carbonyl (C=O) groups excluding carboxylic acids is 3. The standard InChI is InChI=1S/C22H25N3O4/c1-4-20(26)23-18-9-6-10-19(14(18)2)24-22(28)15-11-21(27)25(13-15)16-7-5-8-17(12-16)29-3/h5-10,12,15H,4,11,13H2,1-3H3,(H,23,26)(H,24,28). The van der Waals surface area contributed by atoms with Crippen molar-refractivity contribution < 1.29 is 19.1 Å². The van der Waals surface area contributed by atoms with E-state index in [2.05, 4.69) is 10.6 Å². The summed E-state index contributed by atoms with van der Waals surface area (Å²) < 4.78 is 5.22. The molecule has 1 atom stereocenters. The van der Waals surface area contributed by atoms with E-state index in [4.69, 9.17) is 4.74 Å². The number of methoxy groups -OCH3 is 1. The van der Waals surface area contributed by atoms with E-state index in [1.165, 1.54) is 0 Å². The second-order valence-corrected chi connectivity index (χ2v) is 6.98. The first kappa shape index (κ1) is 20.4. The maximum atomic E-state index is 12.8. The van der Waals surface area contributed by atoms with Crippen molar-refractivity contribution in [3.63, 3.8) is 0 Å². The van der Waals surface area contributed by atoms with Gasteiger partial charge >= 0.3 is 0 Å². The van der Waals surface area contributed by atoms with Crippen LogP contribution in [0.1, 0.15) is 25.3 Å². The predicted molar refractivity (Wildman–Crippen MR) is 112 cm³/mol. The molecule has 1 aliphatic heterocycles. The van der Waals surface area contributed by atoms with Gasteiger partial charge in [0.1, 0.15) is 5.75 Å². The summed E-state index contributed by atoms with van der Waals surface area (Å²) in [6, 6.07) is 12.6. The number of hydrogen-bond donors (Lipinski definition) is 2. The van der Waals surface area contributed by atoms with E-state index in [0.29, 0.717) is 35.8 Å². The number of nitrogens with zero attached hydrogens (tertiary/aromatic N) is 1. The van der Waals surface area contributed by atoms with Crippen molar-refractivity contribution in [3.05, 3.63) is 48.0 Å². The van der Waals surface area contributed by atoms with Crippen LogP contribution in [-0.4, -0.2) is 31.4 Å². The largest absolute Gasteiger partial charge is 0.497 e. The first-order valence-corrected chi connectivity index (χ1v) is 9.57. The summed E-state index contributed by atoms with van der Waals surface area (Å²) in [6.45, 7) is 3.92. The van der Waals surface area contributed by atoms with Crippen molar-refractivity contribution in [2.75, 3.05) is 29.2 Å². The van der Waals surface area contributed by atoms with E-state index in [-0.39, 0.29) is 24.1 Å². The van der Waals surface area contributed by atoms with Crippen LogP contribution in [0.15, 0.2) is 42.5 Å². The van der Waals surface area contributed by atoms with Gasteiger partial charge in [-0.05, 0) is 36.8 Å². The van der Waals surface area contributed by atoms with E-state index in [1.54, 1.807) is 49.3 Å². The molecule has 2 N–H and O–H groups in total. The lowest BCUT2D eigenvalue weighted by Crippen LogP contribution is -2.28. The Balaban J connectivity index is 1.71. The molecule has 1 heterocycles. The summed E-state index contributed by atoms with van der Waals surface area (Å²) >= 11 is 0. The molecule has 152 valence electrons. The molecule has 0 spiro atoms. The number of rotatable bonds is 6. The van der Waals surface area contributed by atoms with Crippen LogP contribution in [0, 0.1) is 12.8 Å². The van der Waals surface area contributed by atoms with E-state index in [1.807, 2.05) is 19.1 Å². The van der Waals surface area contributed by atoms with Gasteiger partial charge in [-0.25, -0.2) is 0 Å². The van der Waals surface area contributed by atoms with Gasteiger partial charge in [-0.2, -0.15) is 0 Å². The van der Waals surface area contributed by atoms with Gasteiger partial charge < -0.3 is 20.3 Å². The lowest BCUT2D eigenvalue weighted by Gasteiger charge is -2.18. The highest BCUT2D eigenvalue weighted by Crippen LogP contribution is 2.29. The molecular formula is C22H25N3O4. The molecule has 0 aromatic heterocycles. The summed E-state index contributed by atoms with van der Waals surface area (Å²) in [4.78, 5) is 38.6. The Morgan fingerprint density at radius 1 is 1.14 bits per heavy atom. The molecule has 1 aliphatic rings. The minimum Gasteiger partial charge on any atom is -0.497 e. The highest BCUT2D eigenvalue weighted by atomic mass is 16.5. The summed E-state index contributed by atoms with van der Waals surface area (Å²) in [5, 5.41) is 5.73. The molecule has 2 aromatic carbocycles. The molecular weight excluding hydrogens is 370 g/mol. The number of hydrogen-bond acceptors (Lipinski definition) is 4. The zero-order valence-corrected chi connectivity index (χ0v) is 16.8. The SMILES string of the molecule is CCC(=O)Nc1cccc(NC(=O)C2CC(=O)N(c3cccc(OC)c3)C2)c1C. The fourth-order valence-electron chi connectivity index (χ4n) is 3.29. The normalized spacial score (nSPS) is 15.9. The highest BCUT2D eigenvalue weighted by Gasteiger charge is 2.35. The average molecular weight is 395 g/mol. The fourth-order valence-corrected chi connectivity index (χ4v) is 3.29. The average Bonchev–Trinajstić information content (AvgIpc) is 3.12. The molecule has 1 saturated heterocycles. The molecule has 0 radical (unpaired) electrons. The topological polar surface area (TPSA) is 87.7 Å². The summed E-state index contributed by atoms with van der Waals surface area (Å²) in [5.41, 5.74) is 2.77. The maximum absolute atomic E-state index is 12.8. The third kappa shape index (κ3) is 4.56. The number of benzene rings is 2. The van der Waals surface area contributed by atoms with Crippen LogP contribution >= 0.6 is 0 Å². The molecule has 7 nitrogen and oxygen atoms in total. The molecule has 29 heavy (non-hydrogen) atoms. The molecule has 7 heteroatoms. The number of nitrogens with one attached hydrogen (secondary N) is 2. The molecule has 0 aliphatic carbocycles. The minimum atomic E-state index is -0.456. The fraction of sp³-hybridized carbons (Fsp3) is 0.318. The van der Waals surface area contributed by atoms with Crippen LogP contribution in [0.3, 0.4) is 0 Å². The van der Waals surface area contributed by atoms with E-state index < -0.39 is 5.92 Å². The zero-order chi connectivity index (χ0) is 21.0. The van der Waals surface area contributed by atoms with Gasteiger partial charge in [0.05, 0.1) is 13.0 Å². The van der Waals surface area contributed by atoms with Crippen molar-refractivity contribution >= 4 is 34.8 Å². The van der Waals surface area contributed by atoms with Crippen LogP contribution < -0.4 is 20.3 Å². The molecule has 3 rings (SSSR count). The van der Waals surface area contributed by atoms with Crippen LogP contribution in [-0.2, 0) is 14.4 Å². The van der Waals surface area contributed by atoms with Gasteiger partial charge in [-0.15, -0.1) is 0 Å². The number of anilines is 3. The van der Waals surface area contributed by atoms with Gasteiger partial charge in [0.25, 0.3) is 0 Å². The Bertz CT molecular complexity index is 941. The third-order valence-corrected chi connectivity index (χ3v) is 5.05. The second kappa shape index (κ2) is 8.77. The van der Waals surface area contributed by atoms with Gasteiger partial charge in [0.2, 0.25) is 17.7 Å². The highest BCUT2D eigenvalue weighted by molar-refractivity contribution is 6.04. The van der Waals surface area contributed by atoms with E-state index in [0.717, 1.165) is 5.56 Å². The Hall–Kier alpha value is -3.35. The van der Waals surface area contributed by atoms with Crippen molar-refractivity contribution in [2.45, 2.75) is 26.7 Å². The molecule has 1 fully saturated rings. The van der Waals surface area contributed by atoms with Crippen LogP contribution in [0.4, 0.5) is 17.1 Å². The van der Waals surface area contributed by atoms with Gasteiger partial charge in [0.15, 0.2) is 0 Å². The first-order chi connectivity index (χ1) is 13.9. The molecule has 3 amide bonds. The zero-order valence-electron chi connectivity index (χ0n) is 16.8. The van der Waals surface area contributed by atoms with Crippen LogP contribution in [0.2, 0.25) is 0 Å². The van der Waals surface area contributed by atoms with Crippen LogP contribution in [0.5, 0.6) is 5.75 Å². The summed E-state index contributed by atoms with van der Waals surface area (Å²) in [6.07, 6.45) is 0.522. The molecule has 2 aromatic rings. The minimum absolute atomic E-state index is 0.0908. The number of carbonyl (C=O) groups is 3.